The van der Waals surface area contributed by atoms with Crippen molar-refractivity contribution >= 4 is 5.82 Å². The van der Waals surface area contributed by atoms with E-state index in [-0.39, 0.29) is 5.75 Å². The van der Waals surface area contributed by atoms with Crippen LogP contribution in [0.3, 0.4) is 0 Å². The molecule has 1 heterocycles. The molecule has 0 aliphatic carbocycles. The van der Waals surface area contributed by atoms with Crippen LogP contribution in [0.4, 0.5) is 10.2 Å². The summed E-state index contributed by atoms with van der Waals surface area (Å²) in [5.41, 5.74) is 7.49. The Morgan fingerprint density at radius 2 is 2.12 bits per heavy atom. The van der Waals surface area contributed by atoms with Crippen LogP contribution in [0.15, 0.2) is 18.3 Å². The van der Waals surface area contributed by atoms with E-state index in [2.05, 4.69) is 10.2 Å². The van der Waals surface area contributed by atoms with E-state index in [1.807, 2.05) is 6.92 Å². The lowest BCUT2D eigenvalue weighted by Gasteiger charge is -2.08. The third-order valence-electron chi connectivity index (χ3n) is 2.36. The summed E-state index contributed by atoms with van der Waals surface area (Å²) >= 11 is 0. The molecule has 4 nitrogen and oxygen atoms in total. The van der Waals surface area contributed by atoms with Crippen molar-refractivity contribution in [1.29, 1.82) is 0 Å². The first-order valence-electron chi connectivity index (χ1n) is 4.77. The van der Waals surface area contributed by atoms with Gasteiger partial charge in [-0.05, 0) is 24.6 Å². The Balaban J connectivity index is 2.65. The number of halogens is 1. The summed E-state index contributed by atoms with van der Waals surface area (Å²) < 4.78 is 18.9. The number of rotatable bonds is 2. The van der Waals surface area contributed by atoms with E-state index in [1.54, 1.807) is 12.1 Å². The standard InChI is InChI=1S/C11H12FN3O/c1-6-3-7(8-5-14-15-11(8)13)10(12)9(4-6)16-2/h3-5H,1-2H3,(H3,13,14,15). The lowest BCUT2D eigenvalue weighted by Crippen LogP contribution is -1.95. The molecule has 0 saturated carbocycles. The zero-order valence-electron chi connectivity index (χ0n) is 9.04. The molecule has 0 fully saturated rings. The maximum absolute atomic E-state index is 14.0. The fourth-order valence-electron chi connectivity index (χ4n) is 1.59. The fraction of sp³-hybridized carbons (Fsp3) is 0.182. The molecule has 0 radical (unpaired) electrons. The zero-order chi connectivity index (χ0) is 11.7. The van der Waals surface area contributed by atoms with Gasteiger partial charge in [-0.25, -0.2) is 4.39 Å². The van der Waals surface area contributed by atoms with E-state index in [0.717, 1.165) is 5.56 Å². The van der Waals surface area contributed by atoms with Crippen LogP contribution in [0.1, 0.15) is 5.56 Å². The van der Waals surface area contributed by atoms with Crippen molar-refractivity contribution in [3.63, 3.8) is 0 Å². The number of nitrogen functional groups attached to an aromatic ring is 1. The van der Waals surface area contributed by atoms with Crippen molar-refractivity contribution in [2.45, 2.75) is 6.92 Å². The Hall–Kier alpha value is -2.04. The van der Waals surface area contributed by atoms with E-state index in [1.165, 1.54) is 13.3 Å². The van der Waals surface area contributed by atoms with Crippen LogP contribution in [0, 0.1) is 12.7 Å². The van der Waals surface area contributed by atoms with E-state index in [9.17, 15) is 4.39 Å². The smallest absolute Gasteiger partial charge is 0.173 e. The van der Waals surface area contributed by atoms with Crippen molar-refractivity contribution < 1.29 is 9.13 Å². The van der Waals surface area contributed by atoms with Crippen LogP contribution < -0.4 is 10.5 Å². The van der Waals surface area contributed by atoms with Crippen LogP contribution in [0.25, 0.3) is 11.1 Å². The lowest BCUT2D eigenvalue weighted by atomic mass is 10.0. The summed E-state index contributed by atoms with van der Waals surface area (Å²) in [5, 5.41) is 6.34. The number of aryl methyl sites for hydroxylation is 1. The molecule has 0 spiro atoms. The Labute approximate surface area is 92.2 Å². The second kappa shape index (κ2) is 3.84. The average Bonchev–Trinajstić information content (AvgIpc) is 2.67. The van der Waals surface area contributed by atoms with Crippen molar-refractivity contribution in [3.8, 4) is 16.9 Å². The molecule has 0 aliphatic heterocycles. The van der Waals surface area contributed by atoms with Crippen molar-refractivity contribution in [3.05, 3.63) is 29.7 Å². The van der Waals surface area contributed by atoms with E-state index < -0.39 is 5.82 Å². The molecule has 0 aliphatic rings. The van der Waals surface area contributed by atoms with Gasteiger partial charge in [-0.15, -0.1) is 0 Å². The minimum atomic E-state index is -0.429. The van der Waals surface area contributed by atoms with Gasteiger partial charge in [0.05, 0.1) is 13.3 Å². The van der Waals surface area contributed by atoms with Crippen LogP contribution in [0.5, 0.6) is 5.75 Å². The predicted molar refractivity (Wildman–Crippen MR) is 59.7 cm³/mol. The normalized spacial score (nSPS) is 10.4. The molecule has 0 atom stereocenters. The number of methoxy groups -OCH3 is 1. The third-order valence-corrected chi connectivity index (χ3v) is 2.36. The van der Waals surface area contributed by atoms with Gasteiger partial charge in [0.15, 0.2) is 11.6 Å². The molecular formula is C11H12FN3O. The van der Waals surface area contributed by atoms with Crippen molar-refractivity contribution in [2.24, 2.45) is 0 Å². The number of hydrogen-bond donors (Lipinski definition) is 2. The van der Waals surface area contributed by atoms with E-state index in [4.69, 9.17) is 10.5 Å². The van der Waals surface area contributed by atoms with Gasteiger partial charge in [0.1, 0.15) is 5.82 Å². The summed E-state index contributed by atoms with van der Waals surface area (Å²) in [6.07, 6.45) is 1.49. The molecule has 2 rings (SSSR count). The maximum Gasteiger partial charge on any atom is 0.173 e. The summed E-state index contributed by atoms with van der Waals surface area (Å²) in [5.74, 6) is 0.114. The molecule has 3 N–H and O–H groups in total. The summed E-state index contributed by atoms with van der Waals surface area (Å²) in [4.78, 5) is 0. The number of benzene rings is 1. The Kier molecular flexibility index (Phi) is 2.52. The number of hydrogen-bond acceptors (Lipinski definition) is 3. The molecule has 1 aromatic carbocycles. The highest BCUT2D eigenvalue weighted by molar-refractivity contribution is 5.75. The van der Waals surface area contributed by atoms with E-state index >= 15 is 0 Å². The first-order valence-corrected chi connectivity index (χ1v) is 4.77. The number of aromatic nitrogens is 2. The van der Waals surface area contributed by atoms with Gasteiger partial charge in [0, 0.05) is 11.1 Å². The van der Waals surface area contributed by atoms with Gasteiger partial charge in [0.25, 0.3) is 0 Å². The summed E-state index contributed by atoms with van der Waals surface area (Å²) in [6.45, 7) is 1.86. The lowest BCUT2D eigenvalue weighted by molar-refractivity contribution is 0.387. The van der Waals surface area contributed by atoms with Crippen LogP contribution in [0.2, 0.25) is 0 Å². The largest absolute Gasteiger partial charge is 0.494 e. The minimum Gasteiger partial charge on any atom is -0.494 e. The second-order valence-electron chi connectivity index (χ2n) is 3.53. The molecule has 16 heavy (non-hydrogen) atoms. The first kappa shape index (κ1) is 10.5. The molecular weight excluding hydrogens is 209 g/mol. The molecule has 0 bridgehead atoms. The highest BCUT2D eigenvalue weighted by Gasteiger charge is 2.15. The van der Waals surface area contributed by atoms with E-state index in [0.29, 0.717) is 16.9 Å². The molecule has 1 aromatic heterocycles. The quantitative estimate of drug-likeness (QED) is 0.816. The number of aromatic amines is 1. The number of H-pyrrole nitrogens is 1. The molecule has 0 unspecified atom stereocenters. The maximum atomic E-state index is 14.0. The fourth-order valence-corrected chi connectivity index (χ4v) is 1.59. The van der Waals surface area contributed by atoms with Gasteiger partial charge in [-0.3, -0.25) is 5.10 Å². The van der Waals surface area contributed by atoms with Crippen LogP contribution >= 0.6 is 0 Å². The minimum absolute atomic E-state index is 0.204. The van der Waals surface area contributed by atoms with Crippen molar-refractivity contribution in [1.82, 2.24) is 10.2 Å². The van der Waals surface area contributed by atoms with Crippen LogP contribution in [-0.4, -0.2) is 17.3 Å². The molecule has 2 aromatic rings. The molecule has 84 valence electrons. The van der Waals surface area contributed by atoms with Gasteiger partial charge < -0.3 is 10.5 Å². The molecule has 0 saturated heterocycles. The third kappa shape index (κ3) is 1.60. The van der Waals surface area contributed by atoms with Gasteiger partial charge in [-0.1, -0.05) is 0 Å². The number of nitrogens with one attached hydrogen (secondary N) is 1. The molecule has 5 heteroatoms. The predicted octanol–water partition coefficient (Wildman–Crippen LogP) is 2.12. The molecule has 0 amide bonds. The number of anilines is 1. The number of nitrogens with zero attached hydrogens (tertiary/aromatic N) is 1. The van der Waals surface area contributed by atoms with Gasteiger partial charge in [0.2, 0.25) is 0 Å². The zero-order valence-corrected chi connectivity index (χ0v) is 9.04. The Bertz CT molecular complexity index is 522. The Morgan fingerprint density at radius 1 is 1.38 bits per heavy atom. The van der Waals surface area contributed by atoms with Crippen molar-refractivity contribution in [2.75, 3.05) is 12.8 Å². The van der Waals surface area contributed by atoms with Gasteiger partial charge in [-0.2, -0.15) is 5.10 Å². The topological polar surface area (TPSA) is 63.9 Å². The first-order chi connectivity index (χ1) is 7.63. The highest BCUT2D eigenvalue weighted by atomic mass is 19.1. The highest BCUT2D eigenvalue weighted by Crippen LogP contribution is 2.32. The van der Waals surface area contributed by atoms with Crippen LogP contribution in [-0.2, 0) is 0 Å². The number of ether oxygens (including phenoxy) is 1. The second-order valence-corrected chi connectivity index (χ2v) is 3.53. The van der Waals surface area contributed by atoms with Gasteiger partial charge >= 0.3 is 0 Å². The average molecular weight is 221 g/mol. The monoisotopic (exact) mass is 221 g/mol. The SMILES string of the molecule is COc1cc(C)cc(-c2cn[nH]c2N)c1F. The number of nitrogens with two attached hydrogens (primary N) is 1. The summed E-state index contributed by atoms with van der Waals surface area (Å²) in [6, 6.07) is 3.34. The summed E-state index contributed by atoms with van der Waals surface area (Å²) in [7, 11) is 1.43. The Morgan fingerprint density at radius 3 is 2.69 bits per heavy atom.